The van der Waals surface area contributed by atoms with Gasteiger partial charge in [0.2, 0.25) is 5.13 Å². The van der Waals surface area contributed by atoms with Crippen molar-refractivity contribution in [3.63, 3.8) is 0 Å². The van der Waals surface area contributed by atoms with E-state index >= 15 is 0 Å². The third kappa shape index (κ3) is 5.33. The fourth-order valence-corrected chi connectivity index (χ4v) is 3.81. The molecule has 8 heteroatoms. The fraction of sp³-hybridized carbons (Fsp3) is 0.467. The molecule has 1 unspecified atom stereocenters. The highest BCUT2D eigenvalue weighted by molar-refractivity contribution is 8.01. The first-order valence-electron chi connectivity index (χ1n) is 7.50. The minimum Gasteiger partial charge on any atom is -0.493 e. The molecule has 0 saturated carbocycles. The Morgan fingerprint density at radius 3 is 3.00 bits per heavy atom. The Morgan fingerprint density at radius 1 is 1.35 bits per heavy atom. The Hall–Kier alpha value is -1.38. The van der Waals surface area contributed by atoms with Crippen molar-refractivity contribution >= 4 is 28.2 Å². The van der Waals surface area contributed by atoms with Gasteiger partial charge in [-0.15, -0.1) is 10.2 Å². The Bertz CT molecular complexity index is 603. The fourth-order valence-electron chi connectivity index (χ4n) is 2.17. The molecule has 0 radical (unpaired) electrons. The molecule has 1 aromatic heterocycles. The van der Waals surface area contributed by atoms with E-state index in [2.05, 4.69) is 15.5 Å². The number of nitrogens with zero attached hydrogens (tertiary/aromatic N) is 2. The van der Waals surface area contributed by atoms with E-state index in [1.165, 1.54) is 23.5 Å². The van der Waals surface area contributed by atoms with Gasteiger partial charge in [-0.25, -0.2) is 4.39 Å². The van der Waals surface area contributed by atoms with Gasteiger partial charge in [0.05, 0.1) is 12.7 Å². The van der Waals surface area contributed by atoms with Crippen LogP contribution in [0.1, 0.15) is 12.8 Å². The topological polar surface area (TPSA) is 56.3 Å². The molecule has 1 atom stereocenters. The van der Waals surface area contributed by atoms with Crippen molar-refractivity contribution in [2.45, 2.75) is 23.3 Å². The molecule has 1 fully saturated rings. The number of anilines is 1. The standard InChI is InChI=1S/C15H18FN3O2S2/c16-11-3-5-12(6-4-11)21-8-9-22-15-19-18-14(23-15)17-10-13-2-1-7-20-13/h3-6,13H,1-2,7-10H2,(H,17,18). The van der Waals surface area contributed by atoms with Gasteiger partial charge >= 0.3 is 0 Å². The lowest BCUT2D eigenvalue weighted by molar-refractivity contribution is 0.120. The van der Waals surface area contributed by atoms with E-state index < -0.39 is 0 Å². The zero-order chi connectivity index (χ0) is 15.9. The van der Waals surface area contributed by atoms with Crippen LogP contribution in [0.4, 0.5) is 9.52 Å². The van der Waals surface area contributed by atoms with Crippen molar-refractivity contribution in [3.8, 4) is 5.75 Å². The Labute approximate surface area is 142 Å². The van der Waals surface area contributed by atoms with Crippen LogP contribution < -0.4 is 10.1 Å². The van der Waals surface area contributed by atoms with Gasteiger partial charge in [0.25, 0.3) is 0 Å². The molecule has 1 aromatic carbocycles. The number of halogens is 1. The Morgan fingerprint density at radius 2 is 2.22 bits per heavy atom. The van der Waals surface area contributed by atoms with Crippen LogP contribution in [0, 0.1) is 5.82 Å². The molecule has 1 N–H and O–H groups in total. The molecule has 0 amide bonds. The molecule has 0 bridgehead atoms. The summed E-state index contributed by atoms with van der Waals surface area (Å²) in [5.41, 5.74) is 0. The average molecular weight is 355 g/mol. The van der Waals surface area contributed by atoms with Crippen LogP contribution in [-0.2, 0) is 4.74 Å². The smallest absolute Gasteiger partial charge is 0.206 e. The molecule has 1 aliphatic rings. The first kappa shape index (κ1) is 16.5. The summed E-state index contributed by atoms with van der Waals surface area (Å²) >= 11 is 3.13. The SMILES string of the molecule is Fc1ccc(OCCSc2nnc(NCC3CCCO3)s2)cc1. The van der Waals surface area contributed by atoms with Gasteiger partial charge in [0, 0.05) is 18.9 Å². The van der Waals surface area contributed by atoms with Gasteiger partial charge in [-0.2, -0.15) is 0 Å². The lowest BCUT2D eigenvalue weighted by Crippen LogP contribution is -2.18. The molecule has 2 heterocycles. The van der Waals surface area contributed by atoms with Crippen molar-refractivity contribution in [3.05, 3.63) is 30.1 Å². The molecule has 124 valence electrons. The van der Waals surface area contributed by atoms with E-state index in [0.717, 1.165) is 41.2 Å². The van der Waals surface area contributed by atoms with Gasteiger partial charge in [0.1, 0.15) is 11.6 Å². The molecule has 23 heavy (non-hydrogen) atoms. The zero-order valence-corrected chi connectivity index (χ0v) is 14.2. The molecule has 3 rings (SSSR count). The highest BCUT2D eigenvalue weighted by Gasteiger charge is 2.15. The van der Waals surface area contributed by atoms with Gasteiger partial charge in [-0.1, -0.05) is 23.1 Å². The summed E-state index contributed by atoms with van der Waals surface area (Å²) in [5, 5.41) is 12.4. The summed E-state index contributed by atoms with van der Waals surface area (Å²) in [4.78, 5) is 0. The van der Waals surface area contributed by atoms with E-state index in [4.69, 9.17) is 9.47 Å². The highest BCUT2D eigenvalue weighted by Crippen LogP contribution is 2.26. The summed E-state index contributed by atoms with van der Waals surface area (Å²) in [6.45, 7) is 2.18. The maximum Gasteiger partial charge on any atom is 0.206 e. The van der Waals surface area contributed by atoms with Gasteiger partial charge in [-0.05, 0) is 37.1 Å². The van der Waals surface area contributed by atoms with Crippen LogP contribution in [-0.4, -0.2) is 41.8 Å². The third-order valence-electron chi connectivity index (χ3n) is 3.30. The van der Waals surface area contributed by atoms with Crippen LogP contribution in [0.2, 0.25) is 0 Å². The highest BCUT2D eigenvalue weighted by atomic mass is 32.2. The van der Waals surface area contributed by atoms with Crippen molar-refractivity contribution in [1.29, 1.82) is 0 Å². The van der Waals surface area contributed by atoms with Crippen molar-refractivity contribution < 1.29 is 13.9 Å². The molecule has 5 nitrogen and oxygen atoms in total. The third-order valence-corrected chi connectivity index (χ3v) is 5.28. The number of nitrogens with one attached hydrogen (secondary N) is 1. The predicted octanol–water partition coefficient (Wildman–Crippen LogP) is 3.44. The first-order chi connectivity index (χ1) is 11.3. The Kier molecular flexibility index (Phi) is 6.06. The van der Waals surface area contributed by atoms with Crippen molar-refractivity contribution in [1.82, 2.24) is 10.2 Å². The molecule has 1 saturated heterocycles. The second-order valence-corrected chi connectivity index (χ2v) is 7.36. The van der Waals surface area contributed by atoms with Gasteiger partial charge in [-0.3, -0.25) is 0 Å². The lowest BCUT2D eigenvalue weighted by atomic mass is 10.2. The Balaban J connectivity index is 1.34. The lowest BCUT2D eigenvalue weighted by Gasteiger charge is -2.08. The maximum atomic E-state index is 12.8. The molecule has 0 spiro atoms. The minimum atomic E-state index is -0.261. The molecule has 1 aliphatic heterocycles. The number of thioether (sulfide) groups is 1. The molecule has 2 aromatic rings. The summed E-state index contributed by atoms with van der Waals surface area (Å²) in [6.07, 6.45) is 2.53. The second kappa shape index (κ2) is 8.47. The summed E-state index contributed by atoms with van der Waals surface area (Å²) in [6, 6.07) is 6.02. The van der Waals surface area contributed by atoms with Crippen LogP contribution in [0.5, 0.6) is 5.75 Å². The number of hydrogen-bond donors (Lipinski definition) is 1. The van der Waals surface area contributed by atoms with Crippen LogP contribution >= 0.6 is 23.1 Å². The van der Waals surface area contributed by atoms with Crippen LogP contribution in [0.25, 0.3) is 0 Å². The summed E-state index contributed by atoms with van der Waals surface area (Å²) in [7, 11) is 0. The monoisotopic (exact) mass is 355 g/mol. The van der Waals surface area contributed by atoms with Gasteiger partial charge < -0.3 is 14.8 Å². The molecular weight excluding hydrogens is 337 g/mol. The molecule has 0 aliphatic carbocycles. The van der Waals surface area contributed by atoms with Crippen LogP contribution in [0.15, 0.2) is 28.6 Å². The average Bonchev–Trinajstić information content (AvgIpc) is 3.23. The maximum absolute atomic E-state index is 12.8. The number of hydrogen-bond acceptors (Lipinski definition) is 7. The van der Waals surface area contributed by atoms with E-state index in [9.17, 15) is 4.39 Å². The molecular formula is C15H18FN3O2S2. The zero-order valence-electron chi connectivity index (χ0n) is 12.5. The number of benzene rings is 1. The number of ether oxygens (including phenoxy) is 2. The van der Waals surface area contributed by atoms with Crippen LogP contribution in [0.3, 0.4) is 0 Å². The number of rotatable bonds is 8. The number of aromatic nitrogens is 2. The van der Waals surface area contributed by atoms with E-state index in [-0.39, 0.29) is 5.82 Å². The quantitative estimate of drug-likeness (QED) is 0.578. The minimum absolute atomic E-state index is 0.261. The second-order valence-electron chi connectivity index (χ2n) is 5.04. The van der Waals surface area contributed by atoms with Crippen molar-refractivity contribution in [2.24, 2.45) is 0 Å². The summed E-state index contributed by atoms with van der Waals surface area (Å²) in [5.74, 6) is 1.17. The predicted molar refractivity (Wildman–Crippen MR) is 90.0 cm³/mol. The largest absolute Gasteiger partial charge is 0.493 e. The van der Waals surface area contributed by atoms with E-state index in [1.807, 2.05) is 0 Å². The van der Waals surface area contributed by atoms with E-state index in [1.54, 1.807) is 23.9 Å². The summed E-state index contributed by atoms with van der Waals surface area (Å²) < 4.78 is 24.8. The van der Waals surface area contributed by atoms with Gasteiger partial charge in [0.15, 0.2) is 4.34 Å². The first-order valence-corrected chi connectivity index (χ1v) is 9.30. The normalized spacial score (nSPS) is 17.3. The van der Waals surface area contributed by atoms with E-state index in [0.29, 0.717) is 18.5 Å². The van der Waals surface area contributed by atoms with Crippen molar-refractivity contribution in [2.75, 3.05) is 30.8 Å².